The summed E-state index contributed by atoms with van der Waals surface area (Å²) in [5.74, 6) is 0.168. The third-order valence-corrected chi connectivity index (χ3v) is 2.77. The second-order valence-electron chi connectivity index (χ2n) is 3.96. The van der Waals surface area contributed by atoms with Crippen molar-refractivity contribution in [1.82, 2.24) is 0 Å². The van der Waals surface area contributed by atoms with Crippen LogP contribution in [0.15, 0.2) is 18.2 Å². The molecule has 1 rings (SSSR count). The monoisotopic (exact) mass is 241 g/mol. The summed E-state index contributed by atoms with van der Waals surface area (Å²) in [5, 5.41) is 0. The maximum atomic E-state index is 11.1. The first-order valence-corrected chi connectivity index (χ1v) is 6.80. The zero-order valence-corrected chi connectivity index (χ0v) is 10.3. The first-order chi connectivity index (χ1) is 7.35. The fourth-order valence-corrected chi connectivity index (χ4v) is 2.08. The van der Waals surface area contributed by atoms with E-state index in [0.29, 0.717) is 17.5 Å². The van der Waals surface area contributed by atoms with E-state index in [1.165, 1.54) is 0 Å². The number of carbonyl (C=O) groups excluding carboxylic acids is 1. The Balaban J connectivity index is 3.30. The zero-order valence-electron chi connectivity index (χ0n) is 9.52. The highest BCUT2D eigenvalue weighted by Gasteiger charge is 2.12. The molecule has 0 spiro atoms. The van der Waals surface area contributed by atoms with Crippen molar-refractivity contribution in [3.05, 3.63) is 29.3 Å². The number of benzene rings is 1. The van der Waals surface area contributed by atoms with Gasteiger partial charge in [0.2, 0.25) is 10.0 Å². The molecule has 0 aliphatic carbocycles. The number of hydrogen-bond donors (Lipinski definition) is 1. The summed E-state index contributed by atoms with van der Waals surface area (Å²) < 4.78 is 24.6. The molecule has 0 aromatic heterocycles. The highest BCUT2D eigenvalue weighted by atomic mass is 32.2. The van der Waals surface area contributed by atoms with E-state index in [4.69, 9.17) is 0 Å². The molecule has 0 heterocycles. The van der Waals surface area contributed by atoms with Gasteiger partial charge in [0, 0.05) is 5.56 Å². The van der Waals surface area contributed by atoms with Gasteiger partial charge >= 0.3 is 0 Å². The molecule has 0 fully saturated rings. The molecular formula is C11H15NO3S. The molecule has 0 aliphatic heterocycles. The molecule has 4 nitrogen and oxygen atoms in total. The second-order valence-corrected chi connectivity index (χ2v) is 5.70. The van der Waals surface area contributed by atoms with Crippen LogP contribution in [-0.4, -0.2) is 21.0 Å². The first-order valence-electron chi connectivity index (χ1n) is 4.91. The van der Waals surface area contributed by atoms with Crippen molar-refractivity contribution >= 4 is 22.0 Å². The van der Waals surface area contributed by atoms with Gasteiger partial charge < -0.3 is 0 Å². The number of carbonyl (C=O) groups is 1. The Bertz CT molecular complexity index is 492. The summed E-state index contributed by atoms with van der Waals surface area (Å²) in [6.07, 6.45) is 1.74. The van der Waals surface area contributed by atoms with Crippen LogP contribution < -0.4 is 4.72 Å². The van der Waals surface area contributed by atoms with E-state index in [0.717, 1.165) is 11.8 Å². The number of sulfonamides is 1. The second kappa shape index (κ2) is 4.65. The molecule has 0 saturated heterocycles. The molecule has 0 saturated carbocycles. The van der Waals surface area contributed by atoms with E-state index in [-0.39, 0.29) is 5.92 Å². The van der Waals surface area contributed by atoms with Gasteiger partial charge in [0.1, 0.15) is 0 Å². The van der Waals surface area contributed by atoms with Crippen LogP contribution in [0.4, 0.5) is 5.69 Å². The Hall–Kier alpha value is -1.36. The molecule has 16 heavy (non-hydrogen) atoms. The predicted molar refractivity (Wildman–Crippen MR) is 64.4 cm³/mol. The Morgan fingerprint density at radius 2 is 1.94 bits per heavy atom. The van der Waals surface area contributed by atoms with Crippen molar-refractivity contribution in [2.24, 2.45) is 0 Å². The number of nitrogens with one attached hydrogen (secondary N) is 1. The molecule has 0 unspecified atom stereocenters. The third-order valence-electron chi connectivity index (χ3n) is 2.18. The van der Waals surface area contributed by atoms with Gasteiger partial charge in [-0.25, -0.2) is 8.42 Å². The van der Waals surface area contributed by atoms with Crippen LogP contribution in [0, 0.1) is 0 Å². The Kier molecular flexibility index (Phi) is 3.70. The van der Waals surface area contributed by atoms with Crippen molar-refractivity contribution in [3.8, 4) is 0 Å². The molecule has 0 amide bonds. The van der Waals surface area contributed by atoms with Gasteiger partial charge in [-0.05, 0) is 17.5 Å². The third kappa shape index (κ3) is 3.06. The summed E-state index contributed by atoms with van der Waals surface area (Å²) >= 11 is 0. The average Bonchev–Trinajstić information content (AvgIpc) is 2.14. The highest BCUT2D eigenvalue weighted by molar-refractivity contribution is 7.92. The molecule has 0 bridgehead atoms. The van der Waals surface area contributed by atoms with Crippen molar-refractivity contribution in [3.63, 3.8) is 0 Å². The summed E-state index contributed by atoms with van der Waals surface area (Å²) in [6.45, 7) is 3.90. The highest BCUT2D eigenvalue weighted by Crippen LogP contribution is 2.25. The Labute approximate surface area is 95.7 Å². The molecule has 0 atom stereocenters. The minimum atomic E-state index is -3.36. The van der Waals surface area contributed by atoms with Crippen molar-refractivity contribution in [2.45, 2.75) is 19.8 Å². The lowest BCUT2D eigenvalue weighted by atomic mass is 9.97. The summed E-state index contributed by atoms with van der Waals surface area (Å²) in [6, 6.07) is 5.13. The topological polar surface area (TPSA) is 63.2 Å². The quantitative estimate of drug-likeness (QED) is 0.820. The smallest absolute Gasteiger partial charge is 0.229 e. The van der Waals surface area contributed by atoms with Gasteiger partial charge in [-0.3, -0.25) is 9.52 Å². The van der Waals surface area contributed by atoms with Gasteiger partial charge in [-0.1, -0.05) is 26.0 Å². The molecule has 1 N–H and O–H groups in total. The SMILES string of the molecule is CC(C)c1cccc(NS(C)(=O)=O)c1C=O. The van der Waals surface area contributed by atoms with Crippen LogP contribution >= 0.6 is 0 Å². The van der Waals surface area contributed by atoms with Gasteiger partial charge in [-0.15, -0.1) is 0 Å². The van der Waals surface area contributed by atoms with Crippen molar-refractivity contribution < 1.29 is 13.2 Å². The number of hydrogen-bond acceptors (Lipinski definition) is 3. The van der Waals surface area contributed by atoms with E-state index >= 15 is 0 Å². The average molecular weight is 241 g/mol. The van der Waals surface area contributed by atoms with Gasteiger partial charge in [0.15, 0.2) is 6.29 Å². The first kappa shape index (κ1) is 12.7. The minimum Gasteiger partial charge on any atom is -0.298 e. The number of aldehydes is 1. The molecule has 0 radical (unpaired) electrons. The van der Waals surface area contributed by atoms with Gasteiger partial charge in [0.25, 0.3) is 0 Å². The normalized spacial score (nSPS) is 11.5. The maximum Gasteiger partial charge on any atom is 0.229 e. The zero-order chi connectivity index (χ0) is 12.3. The fourth-order valence-electron chi connectivity index (χ4n) is 1.51. The Morgan fingerprint density at radius 3 is 2.38 bits per heavy atom. The van der Waals surface area contributed by atoms with E-state index in [1.807, 2.05) is 19.9 Å². The number of anilines is 1. The molecule has 1 aromatic carbocycles. The lowest BCUT2D eigenvalue weighted by Crippen LogP contribution is -2.12. The number of rotatable bonds is 4. The van der Waals surface area contributed by atoms with Crippen LogP contribution in [0.1, 0.15) is 35.7 Å². The van der Waals surface area contributed by atoms with E-state index in [1.54, 1.807) is 12.1 Å². The summed E-state index contributed by atoms with van der Waals surface area (Å²) in [5.41, 5.74) is 1.58. The van der Waals surface area contributed by atoms with E-state index in [9.17, 15) is 13.2 Å². The molecule has 5 heteroatoms. The van der Waals surface area contributed by atoms with Crippen LogP contribution in [0.2, 0.25) is 0 Å². The van der Waals surface area contributed by atoms with Crippen molar-refractivity contribution in [2.75, 3.05) is 11.0 Å². The largest absolute Gasteiger partial charge is 0.298 e. The van der Waals surface area contributed by atoms with E-state index < -0.39 is 10.0 Å². The van der Waals surface area contributed by atoms with Crippen LogP contribution in [0.3, 0.4) is 0 Å². The molecule has 0 aliphatic rings. The molecule has 1 aromatic rings. The minimum absolute atomic E-state index is 0.168. The lowest BCUT2D eigenvalue weighted by Gasteiger charge is -2.13. The van der Waals surface area contributed by atoms with Gasteiger partial charge in [0.05, 0.1) is 11.9 Å². The van der Waals surface area contributed by atoms with Gasteiger partial charge in [-0.2, -0.15) is 0 Å². The summed E-state index contributed by atoms with van der Waals surface area (Å²) in [7, 11) is -3.36. The fraction of sp³-hybridized carbons (Fsp3) is 0.364. The van der Waals surface area contributed by atoms with Crippen molar-refractivity contribution in [1.29, 1.82) is 0 Å². The molecule has 88 valence electrons. The maximum absolute atomic E-state index is 11.1. The van der Waals surface area contributed by atoms with Crippen LogP contribution in [0.25, 0.3) is 0 Å². The van der Waals surface area contributed by atoms with Crippen LogP contribution in [-0.2, 0) is 10.0 Å². The Morgan fingerprint density at radius 1 is 1.31 bits per heavy atom. The lowest BCUT2D eigenvalue weighted by molar-refractivity contribution is 0.112. The predicted octanol–water partition coefficient (Wildman–Crippen LogP) is 1.99. The van der Waals surface area contributed by atoms with E-state index in [2.05, 4.69) is 4.72 Å². The molecular weight excluding hydrogens is 226 g/mol. The summed E-state index contributed by atoms with van der Waals surface area (Å²) in [4.78, 5) is 11.0. The standard InChI is InChI=1S/C11H15NO3S/c1-8(2)9-5-4-6-11(10(9)7-13)12-16(3,14)15/h4-8,12H,1-3H3. The van der Waals surface area contributed by atoms with Crippen LogP contribution in [0.5, 0.6) is 0 Å².